The summed E-state index contributed by atoms with van der Waals surface area (Å²) in [6, 6.07) is 5.24. The third kappa shape index (κ3) is 5.78. The summed E-state index contributed by atoms with van der Waals surface area (Å²) >= 11 is 1.06. The van der Waals surface area contributed by atoms with Gasteiger partial charge in [0.25, 0.3) is 0 Å². The van der Waals surface area contributed by atoms with Crippen molar-refractivity contribution < 1.29 is 22.7 Å². The smallest absolute Gasteiger partial charge is 0.316 e. The molecule has 0 saturated carbocycles. The Kier molecular flexibility index (Phi) is 9.04. The van der Waals surface area contributed by atoms with Crippen LogP contribution in [-0.4, -0.2) is 65.3 Å². The number of nitrogens with one attached hydrogen (secondary N) is 1. The Hall–Kier alpha value is -2.64. The summed E-state index contributed by atoms with van der Waals surface area (Å²) in [6.07, 6.45) is 0.383. The van der Waals surface area contributed by atoms with Crippen LogP contribution in [0.5, 0.6) is 0 Å². The van der Waals surface area contributed by atoms with E-state index >= 15 is 0 Å². The number of hydrogen-bond acceptors (Lipinski definition) is 9. The molecule has 0 fully saturated rings. The van der Waals surface area contributed by atoms with Gasteiger partial charge >= 0.3 is 5.97 Å². The van der Waals surface area contributed by atoms with Gasteiger partial charge in [-0.2, -0.15) is 4.31 Å². The molecule has 0 spiro atoms. The van der Waals surface area contributed by atoms with Gasteiger partial charge in [0.2, 0.25) is 21.9 Å². The van der Waals surface area contributed by atoms with Crippen molar-refractivity contribution in [3.05, 3.63) is 24.3 Å². The Morgan fingerprint density at radius 3 is 2.34 bits per heavy atom. The predicted molar refractivity (Wildman–Crippen MR) is 122 cm³/mol. The van der Waals surface area contributed by atoms with Crippen molar-refractivity contribution in [2.45, 2.75) is 43.3 Å². The van der Waals surface area contributed by atoms with Crippen molar-refractivity contribution in [3.63, 3.8) is 0 Å². The number of carbonyl (C=O) groups excluding carboxylic acids is 2. The lowest BCUT2D eigenvalue weighted by atomic mass is 10.2. The molecule has 176 valence electrons. The van der Waals surface area contributed by atoms with E-state index in [-0.39, 0.29) is 22.5 Å². The van der Waals surface area contributed by atoms with Crippen molar-refractivity contribution in [1.29, 1.82) is 0 Å². The number of ether oxygens (including phenoxy) is 1. The number of aromatic nitrogens is 3. The van der Waals surface area contributed by atoms with Crippen molar-refractivity contribution in [1.82, 2.24) is 19.1 Å². The zero-order valence-corrected chi connectivity index (χ0v) is 20.1. The number of amides is 1. The molecule has 0 saturated heterocycles. The van der Waals surface area contributed by atoms with E-state index in [1.165, 1.54) is 40.2 Å². The van der Waals surface area contributed by atoms with Crippen LogP contribution in [0.3, 0.4) is 0 Å². The fourth-order valence-electron chi connectivity index (χ4n) is 3.00. The largest absolute Gasteiger partial charge is 0.468 e. The minimum atomic E-state index is -3.59. The number of methoxy groups -OCH3 is 1. The number of nitrogens with two attached hydrogens (primary N) is 1. The molecule has 0 aliphatic heterocycles. The van der Waals surface area contributed by atoms with E-state index in [2.05, 4.69) is 20.3 Å². The molecule has 1 atom stereocenters. The Bertz CT molecular complexity index is 1030. The lowest BCUT2D eigenvalue weighted by Crippen LogP contribution is -2.30. The van der Waals surface area contributed by atoms with Crippen LogP contribution < -0.4 is 11.1 Å². The molecule has 0 bridgehead atoms. The Labute approximate surface area is 191 Å². The summed E-state index contributed by atoms with van der Waals surface area (Å²) in [4.78, 5) is 24.5. The lowest BCUT2D eigenvalue weighted by molar-refractivity contribution is -0.137. The number of rotatable bonds is 11. The number of carbonyl (C=O) groups is 2. The first-order valence-corrected chi connectivity index (χ1v) is 12.4. The number of anilines is 2. The third-order valence-corrected chi connectivity index (χ3v) is 7.68. The minimum Gasteiger partial charge on any atom is -0.468 e. The SMILES string of the molecule is CCC(C(=O)Nc1ccc(S(=O)(=O)N(CC)CC)cc1)n1c(N)nnc1SCC(=O)OC. The molecule has 0 radical (unpaired) electrons. The van der Waals surface area contributed by atoms with Crippen LogP contribution in [0, 0.1) is 0 Å². The molecule has 2 aromatic rings. The van der Waals surface area contributed by atoms with E-state index in [1.807, 2.05) is 0 Å². The first-order valence-electron chi connectivity index (χ1n) is 10.0. The van der Waals surface area contributed by atoms with Crippen molar-refractivity contribution in [3.8, 4) is 0 Å². The maximum absolute atomic E-state index is 13.0. The summed E-state index contributed by atoms with van der Waals surface area (Å²) in [5, 5.41) is 10.8. The Balaban J connectivity index is 2.20. The Morgan fingerprint density at radius 1 is 1.19 bits per heavy atom. The molecule has 1 unspecified atom stereocenters. The zero-order valence-electron chi connectivity index (χ0n) is 18.4. The molecule has 1 amide bonds. The van der Waals surface area contributed by atoms with E-state index in [0.29, 0.717) is 30.4 Å². The fraction of sp³-hybridized carbons (Fsp3) is 0.474. The molecule has 11 nitrogen and oxygen atoms in total. The second kappa shape index (κ2) is 11.3. The summed E-state index contributed by atoms with van der Waals surface area (Å²) in [6.45, 7) is 6.08. The van der Waals surface area contributed by atoms with Gasteiger partial charge in [-0.1, -0.05) is 32.5 Å². The van der Waals surface area contributed by atoms with Crippen LogP contribution >= 0.6 is 11.8 Å². The molecule has 1 aromatic heterocycles. The van der Waals surface area contributed by atoms with Gasteiger partial charge in [-0.25, -0.2) is 8.42 Å². The standard InChI is InChI=1S/C19H28N6O5S2/c1-5-15(25-18(20)22-23-19(25)31-12-16(26)30-4)17(27)21-13-8-10-14(11-9-13)32(28,29)24(6-2)7-3/h8-11,15H,5-7,12H2,1-4H3,(H2,20,22)(H,21,27). The van der Waals surface area contributed by atoms with Crippen LogP contribution in [0.25, 0.3) is 0 Å². The molecule has 2 rings (SSSR count). The second-order valence-corrected chi connectivity index (χ2v) is 9.48. The van der Waals surface area contributed by atoms with Gasteiger partial charge in [0.05, 0.1) is 17.8 Å². The molecular formula is C19H28N6O5S2. The van der Waals surface area contributed by atoms with Gasteiger partial charge < -0.3 is 15.8 Å². The first kappa shape index (κ1) is 25.6. The summed E-state index contributed by atoms with van der Waals surface area (Å²) in [5.41, 5.74) is 6.35. The quantitative estimate of drug-likeness (QED) is 0.359. The van der Waals surface area contributed by atoms with E-state index < -0.39 is 22.0 Å². The van der Waals surface area contributed by atoms with Gasteiger partial charge in [0, 0.05) is 18.8 Å². The van der Waals surface area contributed by atoms with Crippen molar-refractivity contribution in [2.24, 2.45) is 0 Å². The third-order valence-electron chi connectivity index (χ3n) is 4.70. The van der Waals surface area contributed by atoms with Crippen LogP contribution in [0.4, 0.5) is 11.6 Å². The van der Waals surface area contributed by atoms with Crippen LogP contribution in [-0.2, 0) is 24.3 Å². The number of benzene rings is 1. The Morgan fingerprint density at radius 2 is 1.81 bits per heavy atom. The van der Waals surface area contributed by atoms with E-state index in [9.17, 15) is 18.0 Å². The minimum absolute atomic E-state index is 0.00480. The van der Waals surface area contributed by atoms with E-state index in [4.69, 9.17) is 5.73 Å². The zero-order chi connectivity index (χ0) is 23.9. The molecule has 3 N–H and O–H groups in total. The van der Waals surface area contributed by atoms with E-state index in [0.717, 1.165) is 11.8 Å². The molecule has 0 aliphatic carbocycles. The molecule has 13 heteroatoms. The normalized spacial score (nSPS) is 12.5. The number of nitrogens with zero attached hydrogens (tertiary/aromatic N) is 4. The number of hydrogen-bond donors (Lipinski definition) is 2. The topological polar surface area (TPSA) is 150 Å². The highest BCUT2D eigenvalue weighted by atomic mass is 32.2. The van der Waals surface area contributed by atoms with Crippen LogP contribution in [0.2, 0.25) is 0 Å². The van der Waals surface area contributed by atoms with Gasteiger partial charge in [-0.05, 0) is 30.7 Å². The molecule has 1 aromatic carbocycles. The first-order chi connectivity index (χ1) is 15.2. The van der Waals surface area contributed by atoms with Crippen LogP contribution in [0.15, 0.2) is 34.3 Å². The summed E-state index contributed by atoms with van der Waals surface area (Å²) in [7, 11) is -2.31. The second-order valence-electron chi connectivity index (χ2n) is 6.60. The number of sulfonamides is 1. The molecular weight excluding hydrogens is 456 g/mol. The average Bonchev–Trinajstić information content (AvgIpc) is 3.13. The van der Waals surface area contributed by atoms with Gasteiger partial charge in [-0.15, -0.1) is 10.2 Å². The number of thioether (sulfide) groups is 1. The summed E-state index contributed by atoms with van der Waals surface area (Å²) in [5.74, 6) is -0.784. The molecule has 1 heterocycles. The van der Waals surface area contributed by atoms with Crippen molar-refractivity contribution >= 4 is 45.3 Å². The van der Waals surface area contributed by atoms with E-state index in [1.54, 1.807) is 20.8 Å². The highest BCUT2D eigenvalue weighted by molar-refractivity contribution is 7.99. The maximum Gasteiger partial charge on any atom is 0.316 e. The maximum atomic E-state index is 13.0. The summed E-state index contributed by atoms with van der Waals surface area (Å²) < 4.78 is 32.7. The lowest BCUT2D eigenvalue weighted by Gasteiger charge is -2.20. The predicted octanol–water partition coefficient (Wildman–Crippen LogP) is 1.75. The highest BCUT2D eigenvalue weighted by Gasteiger charge is 2.26. The average molecular weight is 485 g/mol. The molecule has 0 aliphatic rings. The monoisotopic (exact) mass is 484 g/mol. The number of esters is 1. The van der Waals surface area contributed by atoms with Crippen LogP contribution in [0.1, 0.15) is 33.2 Å². The van der Waals surface area contributed by atoms with Gasteiger partial charge in [0.15, 0.2) is 5.16 Å². The molecule has 32 heavy (non-hydrogen) atoms. The fourth-order valence-corrected chi connectivity index (χ4v) is 5.28. The van der Waals surface area contributed by atoms with Gasteiger partial charge in [0.1, 0.15) is 6.04 Å². The number of nitrogen functional groups attached to an aromatic ring is 1. The van der Waals surface area contributed by atoms with Crippen molar-refractivity contribution in [2.75, 3.05) is 37.0 Å². The highest BCUT2D eigenvalue weighted by Crippen LogP contribution is 2.26. The van der Waals surface area contributed by atoms with Gasteiger partial charge in [-0.3, -0.25) is 14.2 Å².